The molecule has 112 valence electrons. The first-order valence-electron chi connectivity index (χ1n) is 6.82. The van der Waals surface area contributed by atoms with Crippen LogP contribution in [-0.2, 0) is 20.9 Å². The lowest BCUT2D eigenvalue weighted by molar-refractivity contribution is -0.145. The van der Waals surface area contributed by atoms with Crippen molar-refractivity contribution in [2.75, 3.05) is 7.11 Å². The Morgan fingerprint density at radius 3 is 2.67 bits per heavy atom. The van der Waals surface area contributed by atoms with Crippen molar-refractivity contribution in [3.8, 4) is 0 Å². The van der Waals surface area contributed by atoms with Crippen LogP contribution in [0.4, 0.5) is 4.79 Å². The summed E-state index contributed by atoms with van der Waals surface area (Å²) in [5.41, 5.74) is 1.84. The SMILES string of the molecule is C=C1CC(NC(=O)OCc2ccccc2)C(C(=O)OC)C1. The molecule has 0 aliphatic heterocycles. The highest BCUT2D eigenvalue weighted by atomic mass is 16.5. The molecular formula is C16H19NO4. The van der Waals surface area contributed by atoms with Crippen molar-refractivity contribution in [1.82, 2.24) is 5.32 Å². The first-order chi connectivity index (χ1) is 10.1. The molecule has 0 saturated heterocycles. The van der Waals surface area contributed by atoms with Crippen LogP contribution in [0.3, 0.4) is 0 Å². The van der Waals surface area contributed by atoms with Crippen LogP contribution in [0.25, 0.3) is 0 Å². The van der Waals surface area contributed by atoms with Crippen molar-refractivity contribution in [3.05, 3.63) is 48.0 Å². The topological polar surface area (TPSA) is 64.6 Å². The lowest BCUT2D eigenvalue weighted by Crippen LogP contribution is -2.40. The van der Waals surface area contributed by atoms with E-state index in [1.54, 1.807) is 0 Å². The Morgan fingerprint density at radius 2 is 2.00 bits per heavy atom. The van der Waals surface area contributed by atoms with E-state index in [0.717, 1.165) is 11.1 Å². The number of amides is 1. The van der Waals surface area contributed by atoms with E-state index in [1.165, 1.54) is 7.11 Å². The van der Waals surface area contributed by atoms with Gasteiger partial charge in [-0.15, -0.1) is 0 Å². The zero-order valence-corrected chi connectivity index (χ0v) is 12.0. The number of carbonyl (C=O) groups excluding carboxylic acids is 2. The summed E-state index contributed by atoms with van der Waals surface area (Å²) in [6.07, 6.45) is 0.573. The predicted octanol–water partition coefficient (Wildman–Crippen LogP) is 2.42. The Bertz CT molecular complexity index is 526. The molecule has 21 heavy (non-hydrogen) atoms. The molecule has 1 aliphatic rings. The normalized spacial score (nSPS) is 20.9. The van der Waals surface area contributed by atoms with Gasteiger partial charge >= 0.3 is 12.1 Å². The highest BCUT2D eigenvalue weighted by Gasteiger charge is 2.37. The molecule has 0 aromatic heterocycles. The maximum atomic E-state index is 11.8. The van der Waals surface area contributed by atoms with Crippen LogP contribution in [-0.4, -0.2) is 25.2 Å². The number of rotatable bonds is 4. The van der Waals surface area contributed by atoms with Gasteiger partial charge in [-0.1, -0.05) is 42.5 Å². The largest absolute Gasteiger partial charge is 0.469 e. The van der Waals surface area contributed by atoms with Crippen molar-refractivity contribution >= 4 is 12.1 Å². The number of hydrogen-bond donors (Lipinski definition) is 1. The average Bonchev–Trinajstić information content (AvgIpc) is 2.86. The van der Waals surface area contributed by atoms with E-state index in [-0.39, 0.29) is 24.5 Å². The van der Waals surface area contributed by atoms with E-state index >= 15 is 0 Å². The fourth-order valence-corrected chi connectivity index (χ4v) is 2.46. The van der Waals surface area contributed by atoms with Gasteiger partial charge in [0.2, 0.25) is 0 Å². The maximum absolute atomic E-state index is 11.8. The standard InChI is InChI=1S/C16H19NO4/c1-11-8-13(15(18)20-2)14(9-11)17-16(19)21-10-12-6-4-3-5-7-12/h3-7,13-14H,1,8-10H2,2H3,(H,17,19). The van der Waals surface area contributed by atoms with Crippen LogP contribution in [0.1, 0.15) is 18.4 Å². The van der Waals surface area contributed by atoms with Gasteiger partial charge in [0.05, 0.1) is 13.0 Å². The summed E-state index contributed by atoms with van der Waals surface area (Å²) in [4.78, 5) is 23.5. The number of alkyl carbamates (subject to hydrolysis) is 1. The molecule has 0 spiro atoms. The fraction of sp³-hybridized carbons (Fsp3) is 0.375. The van der Waals surface area contributed by atoms with E-state index in [9.17, 15) is 9.59 Å². The molecule has 5 nitrogen and oxygen atoms in total. The van der Waals surface area contributed by atoms with Crippen LogP contribution >= 0.6 is 0 Å². The third kappa shape index (κ3) is 4.08. The van der Waals surface area contributed by atoms with Gasteiger partial charge in [0.1, 0.15) is 6.61 Å². The van der Waals surface area contributed by atoms with E-state index in [4.69, 9.17) is 9.47 Å². The number of esters is 1. The number of ether oxygens (including phenoxy) is 2. The second-order valence-electron chi connectivity index (χ2n) is 5.10. The highest BCUT2D eigenvalue weighted by molar-refractivity contribution is 5.76. The third-order valence-electron chi connectivity index (χ3n) is 3.52. The Balaban J connectivity index is 1.86. The van der Waals surface area contributed by atoms with Crippen molar-refractivity contribution in [2.45, 2.75) is 25.5 Å². The Morgan fingerprint density at radius 1 is 1.29 bits per heavy atom. The third-order valence-corrected chi connectivity index (χ3v) is 3.52. The zero-order valence-electron chi connectivity index (χ0n) is 12.0. The minimum absolute atomic E-state index is 0.198. The van der Waals surface area contributed by atoms with E-state index < -0.39 is 6.09 Å². The van der Waals surface area contributed by atoms with Gasteiger partial charge in [0.25, 0.3) is 0 Å². The van der Waals surface area contributed by atoms with Crippen LogP contribution in [0.5, 0.6) is 0 Å². The molecule has 1 aliphatic carbocycles. The molecule has 1 saturated carbocycles. The van der Waals surface area contributed by atoms with Gasteiger partial charge in [-0.25, -0.2) is 4.79 Å². The lowest BCUT2D eigenvalue weighted by atomic mass is 10.0. The van der Waals surface area contributed by atoms with Crippen LogP contribution in [0.15, 0.2) is 42.5 Å². The number of nitrogens with one attached hydrogen (secondary N) is 1. The second-order valence-corrected chi connectivity index (χ2v) is 5.10. The molecule has 1 aromatic carbocycles. The molecule has 0 radical (unpaired) electrons. The van der Waals surface area contributed by atoms with Gasteiger partial charge in [-0.05, 0) is 18.4 Å². The Labute approximate surface area is 123 Å². The van der Waals surface area contributed by atoms with Crippen molar-refractivity contribution in [1.29, 1.82) is 0 Å². The molecule has 1 amide bonds. The van der Waals surface area contributed by atoms with Crippen molar-refractivity contribution in [3.63, 3.8) is 0 Å². The van der Waals surface area contributed by atoms with Gasteiger partial charge in [-0.2, -0.15) is 0 Å². The lowest BCUT2D eigenvalue weighted by Gasteiger charge is -2.18. The van der Waals surface area contributed by atoms with Gasteiger partial charge in [0, 0.05) is 6.04 Å². The number of hydrogen-bond acceptors (Lipinski definition) is 4. The zero-order chi connectivity index (χ0) is 15.2. The molecule has 2 atom stereocenters. The Kier molecular flexibility index (Phi) is 4.98. The summed E-state index contributed by atoms with van der Waals surface area (Å²) in [6.45, 7) is 4.07. The van der Waals surface area contributed by atoms with Gasteiger partial charge in [-0.3, -0.25) is 4.79 Å². The summed E-state index contributed by atoms with van der Waals surface area (Å²) < 4.78 is 9.91. The van der Waals surface area contributed by atoms with Crippen molar-refractivity contribution < 1.29 is 19.1 Å². The summed E-state index contributed by atoms with van der Waals surface area (Å²) in [6, 6.07) is 9.10. The molecule has 2 unspecified atom stereocenters. The molecule has 1 fully saturated rings. The van der Waals surface area contributed by atoms with Crippen LogP contribution < -0.4 is 5.32 Å². The molecule has 2 rings (SSSR count). The first-order valence-corrected chi connectivity index (χ1v) is 6.82. The molecular weight excluding hydrogens is 270 g/mol. The molecule has 1 N–H and O–H groups in total. The van der Waals surface area contributed by atoms with E-state index in [2.05, 4.69) is 11.9 Å². The van der Waals surface area contributed by atoms with Crippen LogP contribution in [0, 0.1) is 5.92 Å². The Hall–Kier alpha value is -2.30. The van der Waals surface area contributed by atoms with Crippen molar-refractivity contribution in [2.24, 2.45) is 5.92 Å². The molecule has 1 aromatic rings. The highest BCUT2D eigenvalue weighted by Crippen LogP contribution is 2.30. The molecule has 5 heteroatoms. The smallest absolute Gasteiger partial charge is 0.407 e. The number of benzene rings is 1. The minimum Gasteiger partial charge on any atom is -0.469 e. The first kappa shape index (κ1) is 15.1. The van der Waals surface area contributed by atoms with Crippen LogP contribution in [0.2, 0.25) is 0 Å². The summed E-state index contributed by atoms with van der Waals surface area (Å²) in [5, 5.41) is 2.72. The number of carbonyl (C=O) groups is 2. The summed E-state index contributed by atoms with van der Waals surface area (Å²) in [7, 11) is 1.34. The monoisotopic (exact) mass is 289 g/mol. The average molecular weight is 289 g/mol. The summed E-state index contributed by atoms with van der Waals surface area (Å²) >= 11 is 0. The van der Waals surface area contributed by atoms with E-state index in [0.29, 0.717) is 12.8 Å². The minimum atomic E-state index is -0.535. The predicted molar refractivity (Wildman–Crippen MR) is 77.4 cm³/mol. The molecule has 0 heterocycles. The quantitative estimate of drug-likeness (QED) is 0.683. The summed E-state index contributed by atoms with van der Waals surface area (Å²) in [5.74, 6) is -0.714. The van der Waals surface area contributed by atoms with E-state index in [1.807, 2.05) is 30.3 Å². The second kappa shape index (κ2) is 6.92. The maximum Gasteiger partial charge on any atom is 0.407 e. The molecule has 0 bridgehead atoms. The number of methoxy groups -OCH3 is 1. The van der Waals surface area contributed by atoms with Gasteiger partial charge < -0.3 is 14.8 Å². The fourth-order valence-electron chi connectivity index (χ4n) is 2.46. The van der Waals surface area contributed by atoms with Gasteiger partial charge in [0.15, 0.2) is 0 Å².